The Hall–Kier alpha value is -2.57. The quantitative estimate of drug-likeness (QED) is 0.912. The van der Waals surface area contributed by atoms with Crippen molar-refractivity contribution in [3.05, 3.63) is 29.5 Å². The fraction of sp³-hybridized carbons (Fsp3) is 0.286. The van der Waals surface area contributed by atoms with E-state index in [9.17, 15) is 9.18 Å². The van der Waals surface area contributed by atoms with Crippen LogP contribution < -0.4 is 9.47 Å². The first-order valence-electron chi connectivity index (χ1n) is 6.08. The van der Waals surface area contributed by atoms with E-state index >= 15 is 0 Å². The second-order valence-corrected chi connectivity index (χ2v) is 4.29. The van der Waals surface area contributed by atoms with Gasteiger partial charge in [0.25, 0.3) is 0 Å². The second kappa shape index (κ2) is 5.82. The third-order valence-electron chi connectivity index (χ3n) is 2.98. The number of carboxylic acids is 1. The summed E-state index contributed by atoms with van der Waals surface area (Å²) in [5, 5.41) is 12.3. The zero-order chi connectivity index (χ0) is 15.6. The Kier molecular flexibility index (Phi) is 4.11. The number of aromatic nitrogens is 1. The van der Waals surface area contributed by atoms with Crippen molar-refractivity contribution >= 4 is 5.97 Å². The van der Waals surface area contributed by atoms with Gasteiger partial charge >= 0.3 is 5.97 Å². The largest absolute Gasteiger partial charge is 0.493 e. The molecule has 112 valence electrons. The molecule has 0 fully saturated rings. The summed E-state index contributed by atoms with van der Waals surface area (Å²) in [6, 6.07) is 4.24. The van der Waals surface area contributed by atoms with Gasteiger partial charge in [-0.25, -0.2) is 9.18 Å². The van der Waals surface area contributed by atoms with Crippen molar-refractivity contribution in [2.75, 3.05) is 14.2 Å². The molecule has 2 aromatic rings. The molecule has 0 aliphatic heterocycles. The van der Waals surface area contributed by atoms with Crippen LogP contribution in [0.25, 0.3) is 11.3 Å². The lowest BCUT2D eigenvalue weighted by Crippen LogP contribution is -1.97. The number of hydrogen-bond donors (Lipinski definition) is 1. The molecule has 0 radical (unpaired) electrons. The molecule has 21 heavy (non-hydrogen) atoms. The average Bonchev–Trinajstić information content (AvgIpc) is 2.95. The van der Waals surface area contributed by atoms with E-state index in [0.29, 0.717) is 22.6 Å². The molecule has 0 amide bonds. The van der Waals surface area contributed by atoms with E-state index in [1.54, 1.807) is 0 Å². The molecule has 0 aliphatic rings. The van der Waals surface area contributed by atoms with Gasteiger partial charge < -0.3 is 19.1 Å². The molecule has 1 aromatic heterocycles. The molecule has 0 aliphatic carbocycles. The van der Waals surface area contributed by atoms with Crippen molar-refractivity contribution in [2.45, 2.75) is 13.1 Å². The molecule has 0 spiro atoms. The zero-order valence-electron chi connectivity index (χ0n) is 11.7. The van der Waals surface area contributed by atoms with E-state index < -0.39 is 12.1 Å². The maximum absolute atomic E-state index is 13.8. The average molecular weight is 295 g/mol. The summed E-state index contributed by atoms with van der Waals surface area (Å²) in [7, 11) is 2.89. The number of alkyl halides is 1. The number of benzene rings is 1. The van der Waals surface area contributed by atoms with E-state index in [2.05, 4.69) is 5.16 Å². The third kappa shape index (κ3) is 2.81. The highest BCUT2D eigenvalue weighted by atomic mass is 19.1. The molecular weight excluding hydrogens is 281 g/mol. The molecule has 1 aromatic carbocycles. The normalized spacial score (nSPS) is 12.0. The minimum absolute atomic E-state index is 0.146. The predicted octanol–water partition coefficient (Wildman–Crippen LogP) is 3.09. The van der Waals surface area contributed by atoms with Gasteiger partial charge in [-0.1, -0.05) is 5.16 Å². The van der Waals surface area contributed by atoms with Crippen molar-refractivity contribution in [1.29, 1.82) is 0 Å². The first-order chi connectivity index (χ1) is 9.97. The number of halogens is 1. The molecule has 1 N–H and O–H groups in total. The van der Waals surface area contributed by atoms with Gasteiger partial charge in [-0.15, -0.1) is 0 Å². The Morgan fingerprint density at radius 3 is 2.38 bits per heavy atom. The zero-order valence-corrected chi connectivity index (χ0v) is 11.7. The Bertz CT molecular complexity index is 665. The Morgan fingerprint density at radius 1 is 1.29 bits per heavy atom. The van der Waals surface area contributed by atoms with Gasteiger partial charge in [-0.2, -0.15) is 0 Å². The maximum Gasteiger partial charge on any atom is 0.358 e. The number of carbonyl (C=O) groups is 1. The van der Waals surface area contributed by atoms with Crippen LogP contribution in [0.15, 0.2) is 22.7 Å². The van der Waals surface area contributed by atoms with Crippen LogP contribution in [0.4, 0.5) is 4.39 Å². The molecule has 1 atom stereocenters. The number of carboxylic acid groups (broad SMARTS) is 1. The number of nitrogens with zero attached hydrogens (tertiary/aromatic N) is 1. The van der Waals surface area contributed by atoms with Gasteiger partial charge in [-0.3, -0.25) is 0 Å². The van der Waals surface area contributed by atoms with Crippen LogP contribution in [0.3, 0.4) is 0 Å². The summed E-state index contributed by atoms with van der Waals surface area (Å²) in [6.45, 7) is 1.36. The van der Waals surface area contributed by atoms with Crippen molar-refractivity contribution in [3.8, 4) is 22.8 Å². The lowest BCUT2D eigenvalue weighted by atomic mass is 10.0. The molecule has 1 unspecified atom stereocenters. The number of ether oxygens (including phenoxy) is 2. The molecule has 7 heteroatoms. The standard InChI is InChI=1S/C14H14FNO5/c1-7(15)8-4-12(19-2)13(20-3)5-9(8)11-6-10(14(17)18)16-21-11/h4-7H,1-3H3,(H,17,18). The van der Waals surface area contributed by atoms with Gasteiger partial charge in [-0.05, 0) is 19.1 Å². The Labute approximate surface area is 120 Å². The number of rotatable bonds is 5. The molecule has 0 saturated carbocycles. The summed E-state index contributed by atoms with van der Waals surface area (Å²) >= 11 is 0. The van der Waals surface area contributed by atoms with E-state index in [-0.39, 0.29) is 11.5 Å². The monoisotopic (exact) mass is 295 g/mol. The Morgan fingerprint density at radius 2 is 1.90 bits per heavy atom. The number of aromatic carboxylic acids is 1. The summed E-state index contributed by atoms with van der Waals surface area (Å²) in [6.07, 6.45) is -1.31. The fourth-order valence-corrected chi connectivity index (χ4v) is 1.94. The summed E-state index contributed by atoms with van der Waals surface area (Å²) in [4.78, 5) is 10.8. The summed E-state index contributed by atoms with van der Waals surface area (Å²) < 4.78 is 29.1. The van der Waals surface area contributed by atoms with Crippen molar-refractivity contribution in [2.24, 2.45) is 0 Å². The first-order valence-corrected chi connectivity index (χ1v) is 6.08. The van der Waals surface area contributed by atoms with Crippen molar-refractivity contribution in [1.82, 2.24) is 5.16 Å². The van der Waals surface area contributed by atoms with E-state index in [1.807, 2.05) is 0 Å². The van der Waals surface area contributed by atoms with Crippen LogP contribution >= 0.6 is 0 Å². The molecule has 2 rings (SSSR count). The minimum atomic E-state index is -1.31. The van der Waals surface area contributed by atoms with E-state index in [0.717, 1.165) is 0 Å². The third-order valence-corrected chi connectivity index (χ3v) is 2.98. The van der Waals surface area contributed by atoms with Gasteiger partial charge in [0.15, 0.2) is 23.0 Å². The maximum atomic E-state index is 13.8. The fourth-order valence-electron chi connectivity index (χ4n) is 1.94. The van der Waals surface area contributed by atoms with E-state index in [1.165, 1.54) is 39.3 Å². The number of methoxy groups -OCH3 is 2. The van der Waals surface area contributed by atoms with E-state index in [4.69, 9.17) is 19.1 Å². The highest BCUT2D eigenvalue weighted by molar-refractivity contribution is 5.86. The summed E-state index contributed by atoms with van der Waals surface area (Å²) in [5.74, 6) is -0.322. The predicted molar refractivity (Wildman–Crippen MR) is 71.5 cm³/mol. The lowest BCUT2D eigenvalue weighted by molar-refractivity contribution is 0.0686. The molecule has 0 bridgehead atoms. The van der Waals surface area contributed by atoms with Crippen LogP contribution in [-0.2, 0) is 0 Å². The Balaban J connectivity index is 2.61. The SMILES string of the molecule is COc1cc(-c2cc(C(=O)O)no2)c(C(C)F)cc1OC. The highest BCUT2D eigenvalue weighted by Crippen LogP contribution is 2.39. The highest BCUT2D eigenvalue weighted by Gasteiger charge is 2.21. The van der Waals surface area contributed by atoms with Crippen molar-refractivity contribution < 1.29 is 28.3 Å². The van der Waals surface area contributed by atoms with Gasteiger partial charge in [0.05, 0.1) is 14.2 Å². The van der Waals surface area contributed by atoms with Gasteiger partial charge in [0, 0.05) is 17.2 Å². The molecule has 6 nitrogen and oxygen atoms in total. The second-order valence-electron chi connectivity index (χ2n) is 4.29. The molecule has 0 saturated heterocycles. The molecular formula is C14H14FNO5. The topological polar surface area (TPSA) is 81.8 Å². The summed E-state index contributed by atoms with van der Waals surface area (Å²) in [5.41, 5.74) is 0.403. The van der Waals surface area contributed by atoms with Crippen LogP contribution in [-0.4, -0.2) is 30.5 Å². The smallest absolute Gasteiger partial charge is 0.358 e. The van der Waals surface area contributed by atoms with Crippen LogP contribution in [0.1, 0.15) is 29.1 Å². The van der Waals surface area contributed by atoms with Crippen LogP contribution in [0.2, 0.25) is 0 Å². The number of hydrogen-bond acceptors (Lipinski definition) is 5. The van der Waals surface area contributed by atoms with Crippen LogP contribution in [0, 0.1) is 0 Å². The van der Waals surface area contributed by atoms with Crippen LogP contribution in [0.5, 0.6) is 11.5 Å². The lowest BCUT2D eigenvalue weighted by Gasteiger charge is -2.14. The van der Waals surface area contributed by atoms with Gasteiger partial charge in [0.2, 0.25) is 0 Å². The van der Waals surface area contributed by atoms with Crippen molar-refractivity contribution in [3.63, 3.8) is 0 Å². The molecule has 1 heterocycles. The minimum Gasteiger partial charge on any atom is -0.493 e. The van der Waals surface area contributed by atoms with Gasteiger partial charge in [0.1, 0.15) is 6.17 Å². The first kappa shape index (κ1) is 14.8.